The van der Waals surface area contributed by atoms with Gasteiger partial charge in [0.1, 0.15) is 0 Å². The van der Waals surface area contributed by atoms with Crippen molar-refractivity contribution < 1.29 is 9.90 Å². The highest BCUT2D eigenvalue weighted by Gasteiger charge is 2.07. The van der Waals surface area contributed by atoms with Gasteiger partial charge in [0.2, 0.25) is 0 Å². The molecule has 0 radical (unpaired) electrons. The van der Waals surface area contributed by atoms with Crippen LogP contribution in [0.25, 0.3) is 5.57 Å². The zero-order valence-corrected chi connectivity index (χ0v) is 9.59. The van der Waals surface area contributed by atoms with Crippen molar-refractivity contribution >= 4 is 11.5 Å². The fourth-order valence-corrected chi connectivity index (χ4v) is 1.35. The summed E-state index contributed by atoms with van der Waals surface area (Å²) in [6.45, 7) is 7.55. The van der Waals surface area contributed by atoms with E-state index in [9.17, 15) is 4.79 Å². The molecule has 0 heterocycles. The second-order valence-corrected chi connectivity index (χ2v) is 3.85. The standard InChI is InChI=1S/C13H16O2/c1-8-5-6-12(7-9(8)2)10(3)11(4)13(14)15/h5-7H,1-4H3,(H,14,15). The Hall–Kier alpha value is -1.57. The van der Waals surface area contributed by atoms with Crippen molar-refractivity contribution in [1.29, 1.82) is 0 Å². The smallest absolute Gasteiger partial charge is 0.331 e. The topological polar surface area (TPSA) is 37.3 Å². The lowest BCUT2D eigenvalue weighted by Gasteiger charge is -2.07. The van der Waals surface area contributed by atoms with E-state index in [1.807, 2.05) is 39.0 Å². The van der Waals surface area contributed by atoms with Crippen LogP contribution < -0.4 is 0 Å². The number of hydrogen-bond donors (Lipinski definition) is 1. The van der Waals surface area contributed by atoms with Crippen molar-refractivity contribution in [3.8, 4) is 0 Å². The van der Waals surface area contributed by atoms with Crippen LogP contribution in [-0.2, 0) is 4.79 Å². The van der Waals surface area contributed by atoms with E-state index in [-0.39, 0.29) is 0 Å². The second-order valence-electron chi connectivity index (χ2n) is 3.85. The summed E-state index contributed by atoms with van der Waals surface area (Å²) in [4.78, 5) is 10.8. The van der Waals surface area contributed by atoms with Gasteiger partial charge in [-0.15, -0.1) is 0 Å². The molecule has 1 aromatic rings. The Morgan fingerprint density at radius 3 is 2.20 bits per heavy atom. The van der Waals surface area contributed by atoms with E-state index in [0.717, 1.165) is 11.1 Å². The molecule has 0 unspecified atom stereocenters. The van der Waals surface area contributed by atoms with E-state index in [1.165, 1.54) is 11.1 Å². The summed E-state index contributed by atoms with van der Waals surface area (Å²) in [6.07, 6.45) is 0. The molecule has 0 spiro atoms. The van der Waals surface area contributed by atoms with E-state index in [0.29, 0.717) is 5.57 Å². The highest BCUT2D eigenvalue weighted by atomic mass is 16.4. The van der Waals surface area contributed by atoms with E-state index in [4.69, 9.17) is 5.11 Å². The number of allylic oxidation sites excluding steroid dienone is 1. The first-order chi connectivity index (χ1) is 6.93. The van der Waals surface area contributed by atoms with Gasteiger partial charge < -0.3 is 5.11 Å². The molecule has 0 bridgehead atoms. The summed E-state index contributed by atoms with van der Waals surface area (Å²) < 4.78 is 0. The molecule has 0 saturated carbocycles. The first-order valence-electron chi connectivity index (χ1n) is 4.92. The van der Waals surface area contributed by atoms with Gasteiger partial charge in [-0.05, 0) is 50.0 Å². The maximum atomic E-state index is 10.8. The van der Waals surface area contributed by atoms with E-state index >= 15 is 0 Å². The summed E-state index contributed by atoms with van der Waals surface area (Å²) in [5, 5.41) is 8.88. The van der Waals surface area contributed by atoms with Crippen molar-refractivity contribution in [3.05, 3.63) is 40.5 Å². The van der Waals surface area contributed by atoms with Crippen LogP contribution in [-0.4, -0.2) is 11.1 Å². The van der Waals surface area contributed by atoms with Crippen LogP contribution in [0.2, 0.25) is 0 Å². The molecular weight excluding hydrogens is 188 g/mol. The Bertz CT molecular complexity index is 428. The number of carboxylic acids is 1. The lowest BCUT2D eigenvalue weighted by atomic mass is 9.98. The number of rotatable bonds is 2. The zero-order chi connectivity index (χ0) is 11.6. The first-order valence-corrected chi connectivity index (χ1v) is 4.92. The summed E-state index contributed by atoms with van der Waals surface area (Å²) in [5.74, 6) is -0.856. The molecular formula is C13H16O2. The lowest BCUT2D eigenvalue weighted by molar-refractivity contribution is -0.132. The average Bonchev–Trinajstić information content (AvgIpc) is 2.19. The van der Waals surface area contributed by atoms with E-state index < -0.39 is 5.97 Å². The highest BCUT2D eigenvalue weighted by Crippen LogP contribution is 2.20. The van der Waals surface area contributed by atoms with Gasteiger partial charge in [0, 0.05) is 5.57 Å². The molecule has 0 saturated heterocycles. The summed E-state index contributed by atoms with van der Waals surface area (Å²) in [5.41, 5.74) is 4.62. The van der Waals surface area contributed by atoms with Gasteiger partial charge >= 0.3 is 5.97 Å². The zero-order valence-electron chi connectivity index (χ0n) is 9.59. The minimum Gasteiger partial charge on any atom is -0.478 e. The molecule has 0 aromatic heterocycles. The van der Waals surface area contributed by atoms with Crippen molar-refractivity contribution in [3.63, 3.8) is 0 Å². The predicted octanol–water partition coefficient (Wildman–Crippen LogP) is 3.18. The minimum absolute atomic E-state index is 0.401. The van der Waals surface area contributed by atoms with Gasteiger partial charge in [-0.3, -0.25) is 0 Å². The molecule has 0 amide bonds. The van der Waals surface area contributed by atoms with Crippen LogP contribution in [0.3, 0.4) is 0 Å². The fourth-order valence-electron chi connectivity index (χ4n) is 1.35. The van der Waals surface area contributed by atoms with Gasteiger partial charge in [0.15, 0.2) is 0 Å². The van der Waals surface area contributed by atoms with Crippen LogP contribution in [0.4, 0.5) is 0 Å². The maximum Gasteiger partial charge on any atom is 0.331 e. The molecule has 0 aliphatic heterocycles. The molecule has 0 atom stereocenters. The molecule has 0 fully saturated rings. The first kappa shape index (κ1) is 11.5. The molecule has 15 heavy (non-hydrogen) atoms. The number of aryl methyl sites for hydroxylation is 2. The van der Waals surface area contributed by atoms with Gasteiger partial charge in [-0.25, -0.2) is 4.79 Å². The van der Waals surface area contributed by atoms with Gasteiger partial charge in [-0.2, -0.15) is 0 Å². The SMILES string of the molecule is CC(C(=O)O)=C(C)c1ccc(C)c(C)c1. The Balaban J connectivity index is 3.23. The average molecular weight is 204 g/mol. The third-order valence-corrected chi connectivity index (χ3v) is 2.82. The molecule has 1 N–H and O–H groups in total. The number of hydrogen-bond acceptors (Lipinski definition) is 1. The van der Waals surface area contributed by atoms with Crippen LogP contribution in [0, 0.1) is 13.8 Å². The Morgan fingerprint density at radius 1 is 1.13 bits per heavy atom. The van der Waals surface area contributed by atoms with Gasteiger partial charge in [0.25, 0.3) is 0 Å². The normalized spacial score (nSPS) is 12.3. The third kappa shape index (κ3) is 2.46. The molecule has 1 rings (SSSR count). The molecule has 2 nitrogen and oxygen atoms in total. The molecule has 80 valence electrons. The Kier molecular flexibility index (Phi) is 3.30. The second kappa shape index (κ2) is 4.30. The van der Waals surface area contributed by atoms with Gasteiger partial charge in [-0.1, -0.05) is 18.2 Å². The predicted molar refractivity (Wildman–Crippen MR) is 61.8 cm³/mol. The van der Waals surface area contributed by atoms with E-state index in [2.05, 4.69) is 0 Å². The third-order valence-electron chi connectivity index (χ3n) is 2.82. The van der Waals surface area contributed by atoms with Crippen LogP contribution in [0.1, 0.15) is 30.5 Å². The van der Waals surface area contributed by atoms with Crippen molar-refractivity contribution in [2.45, 2.75) is 27.7 Å². The molecule has 0 aliphatic carbocycles. The number of aliphatic carboxylic acids is 1. The minimum atomic E-state index is -0.856. The van der Waals surface area contributed by atoms with Crippen LogP contribution in [0.5, 0.6) is 0 Å². The fraction of sp³-hybridized carbons (Fsp3) is 0.308. The van der Waals surface area contributed by atoms with Crippen LogP contribution in [0.15, 0.2) is 23.8 Å². The quantitative estimate of drug-likeness (QED) is 0.751. The Morgan fingerprint density at radius 2 is 1.73 bits per heavy atom. The molecule has 2 heteroatoms. The van der Waals surface area contributed by atoms with Crippen molar-refractivity contribution in [1.82, 2.24) is 0 Å². The number of benzene rings is 1. The molecule has 0 aliphatic rings. The van der Waals surface area contributed by atoms with Crippen LogP contribution >= 0.6 is 0 Å². The van der Waals surface area contributed by atoms with Crippen molar-refractivity contribution in [2.24, 2.45) is 0 Å². The summed E-state index contributed by atoms with van der Waals surface area (Å²) in [7, 11) is 0. The summed E-state index contributed by atoms with van der Waals surface area (Å²) in [6, 6.07) is 6.00. The summed E-state index contributed by atoms with van der Waals surface area (Å²) >= 11 is 0. The maximum absolute atomic E-state index is 10.8. The van der Waals surface area contributed by atoms with Crippen molar-refractivity contribution in [2.75, 3.05) is 0 Å². The van der Waals surface area contributed by atoms with E-state index in [1.54, 1.807) is 6.92 Å². The number of carbonyl (C=O) groups is 1. The largest absolute Gasteiger partial charge is 0.478 e. The monoisotopic (exact) mass is 204 g/mol. The van der Waals surface area contributed by atoms with Gasteiger partial charge in [0.05, 0.1) is 0 Å². The Labute approximate surface area is 90.3 Å². The number of carboxylic acid groups (broad SMARTS) is 1. The molecule has 1 aromatic carbocycles. The lowest BCUT2D eigenvalue weighted by Crippen LogP contribution is -1.99. The highest BCUT2D eigenvalue weighted by molar-refractivity contribution is 5.95.